The number of aliphatic hydroxyl groups is 1. The molecule has 14 heavy (non-hydrogen) atoms. The van der Waals surface area contributed by atoms with Crippen molar-refractivity contribution in [3.8, 4) is 0 Å². The van der Waals surface area contributed by atoms with E-state index in [9.17, 15) is 9.90 Å². The van der Waals surface area contributed by atoms with E-state index in [2.05, 4.69) is 20.8 Å². The van der Waals surface area contributed by atoms with Gasteiger partial charge in [0.1, 0.15) is 5.76 Å². The predicted octanol–water partition coefficient (Wildman–Crippen LogP) is 3.23. The molecule has 0 spiro atoms. The highest BCUT2D eigenvalue weighted by atomic mass is 16.3. The summed E-state index contributed by atoms with van der Waals surface area (Å²) in [7, 11) is 0. The number of hydrogen-bond acceptors (Lipinski definition) is 2. The molecule has 0 aromatic rings. The number of hydrogen-bond donors (Lipinski definition) is 1. The Kier molecular flexibility index (Phi) is 3.03. The van der Waals surface area contributed by atoms with E-state index < -0.39 is 0 Å². The molecule has 1 aliphatic carbocycles. The van der Waals surface area contributed by atoms with Crippen LogP contribution in [-0.4, -0.2) is 10.9 Å². The van der Waals surface area contributed by atoms with Crippen LogP contribution >= 0.6 is 0 Å². The number of carbonyl (C=O) groups is 1. The molecule has 1 atom stereocenters. The van der Waals surface area contributed by atoms with Crippen LogP contribution in [0.3, 0.4) is 0 Å². The van der Waals surface area contributed by atoms with Gasteiger partial charge in [0.2, 0.25) is 0 Å². The number of rotatable bonds is 3. The van der Waals surface area contributed by atoms with E-state index >= 15 is 0 Å². The summed E-state index contributed by atoms with van der Waals surface area (Å²) in [5.74, 6) is 0.472. The topological polar surface area (TPSA) is 37.3 Å². The van der Waals surface area contributed by atoms with E-state index in [0.717, 1.165) is 12.8 Å². The third-order valence-corrected chi connectivity index (χ3v) is 3.36. The highest BCUT2D eigenvalue weighted by molar-refractivity contribution is 5.98. The van der Waals surface area contributed by atoms with Crippen LogP contribution in [0.5, 0.6) is 0 Å². The summed E-state index contributed by atoms with van der Waals surface area (Å²) < 4.78 is 0. The molecule has 80 valence electrons. The normalized spacial score (nSPS) is 23.4. The largest absolute Gasteiger partial charge is 0.512 e. The van der Waals surface area contributed by atoms with Gasteiger partial charge in [-0.2, -0.15) is 0 Å². The van der Waals surface area contributed by atoms with Gasteiger partial charge in [0, 0.05) is 17.9 Å². The highest BCUT2D eigenvalue weighted by Gasteiger charge is 2.39. The van der Waals surface area contributed by atoms with Crippen LogP contribution in [-0.2, 0) is 4.79 Å². The fourth-order valence-corrected chi connectivity index (χ4v) is 2.30. The summed E-state index contributed by atoms with van der Waals surface area (Å²) in [6.07, 6.45) is 2.62. The molecule has 1 N–H and O–H groups in total. The van der Waals surface area contributed by atoms with Crippen molar-refractivity contribution < 1.29 is 9.90 Å². The Bertz CT molecular complexity index is 274. The van der Waals surface area contributed by atoms with Crippen molar-refractivity contribution >= 4 is 5.78 Å². The van der Waals surface area contributed by atoms with Crippen molar-refractivity contribution in [2.45, 2.75) is 47.0 Å². The lowest BCUT2D eigenvalue weighted by atomic mass is 9.74. The molecule has 0 aliphatic heterocycles. The number of aliphatic hydroxyl groups excluding tert-OH is 1. The van der Waals surface area contributed by atoms with Crippen molar-refractivity contribution in [2.24, 2.45) is 11.3 Å². The predicted molar refractivity (Wildman–Crippen MR) is 57.1 cm³/mol. The second-order valence-corrected chi connectivity index (χ2v) is 4.93. The molecule has 2 heteroatoms. The minimum Gasteiger partial charge on any atom is -0.512 e. The molecule has 0 radical (unpaired) electrons. The highest BCUT2D eigenvalue weighted by Crippen LogP contribution is 2.43. The summed E-state index contributed by atoms with van der Waals surface area (Å²) in [6, 6.07) is 0. The molecule has 0 saturated carbocycles. The summed E-state index contributed by atoms with van der Waals surface area (Å²) in [5.41, 5.74) is 0.603. The van der Waals surface area contributed by atoms with E-state index in [-0.39, 0.29) is 17.1 Å². The Morgan fingerprint density at radius 2 is 2.07 bits per heavy atom. The maximum Gasteiger partial charge on any atom is 0.162 e. The van der Waals surface area contributed by atoms with Gasteiger partial charge >= 0.3 is 0 Å². The van der Waals surface area contributed by atoms with Gasteiger partial charge in [0.05, 0.1) is 0 Å². The molecule has 0 aromatic carbocycles. The van der Waals surface area contributed by atoms with Gasteiger partial charge in [-0.3, -0.25) is 4.79 Å². The molecular weight excluding hydrogens is 176 g/mol. The van der Waals surface area contributed by atoms with Gasteiger partial charge in [-0.25, -0.2) is 0 Å². The molecule has 1 aliphatic rings. The Hall–Kier alpha value is -0.790. The van der Waals surface area contributed by atoms with Crippen LogP contribution in [0.2, 0.25) is 0 Å². The zero-order valence-electron chi connectivity index (χ0n) is 9.55. The lowest BCUT2D eigenvalue weighted by Crippen LogP contribution is -2.24. The number of carbonyl (C=O) groups excluding carboxylic acids is 1. The maximum absolute atomic E-state index is 11.4. The molecule has 0 saturated heterocycles. The Morgan fingerprint density at radius 1 is 1.50 bits per heavy atom. The first kappa shape index (κ1) is 11.3. The van der Waals surface area contributed by atoms with Crippen LogP contribution in [0, 0.1) is 11.3 Å². The van der Waals surface area contributed by atoms with Crippen LogP contribution in [0.1, 0.15) is 47.0 Å². The number of Topliss-reactive ketones (excluding diaryl/α,β-unsaturated/α-hetero) is 1. The first-order valence-corrected chi connectivity index (χ1v) is 5.33. The fourth-order valence-electron chi connectivity index (χ4n) is 2.30. The number of allylic oxidation sites excluding steroid dienone is 2. The van der Waals surface area contributed by atoms with Crippen LogP contribution in [0.15, 0.2) is 11.3 Å². The van der Waals surface area contributed by atoms with Crippen LogP contribution in [0.25, 0.3) is 0 Å². The smallest absolute Gasteiger partial charge is 0.162 e. The van der Waals surface area contributed by atoms with Crippen molar-refractivity contribution in [1.82, 2.24) is 0 Å². The molecule has 0 fully saturated rings. The first-order chi connectivity index (χ1) is 6.40. The van der Waals surface area contributed by atoms with Crippen molar-refractivity contribution in [3.05, 3.63) is 11.3 Å². The maximum atomic E-state index is 11.4. The average molecular weight is 196 g/mol. The lowest BCUT2D eigenvalue weighted by Gasteiger charge is -2.30. The Labute approximate surface area is 86.0 Å². The minimum absolute atomic E-state index is 0.0340. The van der Waals surface area contributed by atoms with Crippen LogP contribution < -0.4 is 0 Å². The van der Waals surface area contributed by atoms with E-state index in [0.29, 0.717) is 17.8 Å². The third kappa shape index (κ3) is 1.84. The molecule has 0 amide bonds. The second-order valence-electron chi connectivity index (χ2n) is 4.93. The third-order valence-electron chi connectivity index (χ3n) is 3.36. The van der Waals surface area contributed by atoms with Gasteiger partial charge < -0.3 is 5.11 Å². The average Bonchev–Trinajstić information content (AvgIpc) is 2.33. The lowest BCUT2D eigenvalue weighted by molar-refractivity contribution is -0.115. The monoisotopic (exact) mass is 196 g/mol. The van der Waals surface area contributed by atoms with Gasteiger partial charge in [-0.05, 0) is 18.8 Å². The van der Waals surface area contributed by atoms with Gasteiger partial charge in [0.15, 0.2) is 5.78 Å². The molecule has 1 unspecified atom stereocenters. The SMILES string of the molecule is CCCC(C)(C)C1CC(=O)C(C)=C1O. The Balaban J connectivity index is 2.87. The van der Waals surface area contributed by atoms with Crippen molar-refractivity contribution in [3.63, 3.8) is 0 Å². The van der Waals surface area contributed by atoms with E-state index in [1.54, 1.807) is 6.92 Å². The zero-order valence-corrected chi connectivity index (χ0v) is 9.55. The molecular formula is C12H20O2. The van der Waals surface area contributed by atoms with Crippen molar-refractivity contribution in [2.75, 3.05) is 0 Å². The van der Waals surface area contributed by atoms with Gasteiger partial charge in [-0.15, -0.1) is 0 Å². The van der Waals surface area contributed by atoms with Crippen LogP contribution in [0.4, 0.5) is 0 Å². The second kappa shape index (κ2) is 3.76. The summed E-state index contributed by atoms with van der Waals surface area (Å²) in [5, 5.41) is 9.85. The summed E-state index contributed by atoms with van der Waals surface area (Å²) in [4.78, 5) is 11.4. The summed E-state index contributed by atoms with van der Waals surface area (Å²) in [6.45, 7) is 8.11. The minimum atomic E-state index is 0.0340. The summed E-state index contributed by atoms with van der Waals surface area (Å²) >= 11 is 0. The molecule has 0 heterocycles. The molecule has 0 aromatic heterocycles. The van der Waals surface area contributed by atoms with E-state index in [1.165, 1.54) is 0 Å². The quantitative estimate of drug-likeness (QED) is 0.752. The fraction of sp³-hybridized carbons (Fsp3) is 0.750. The van der Waals surface area contributed by atoms with Gasteiger partial charge in [-0.1, -0.05) is 27.2 Å². The molecule has 1 rings (SSSR count). The zero-order chi connectivity index (χ0) is 10.9. The molecule has 2 nitrogen and oxygen atoms in total. The van der Waals surface area contributed by atoms with Crippen molar-refractivity contribution in [1.29, 1.82) is 0 Å². The number of ketones is 1. The van der Waals surface area contributed by atoms with E-state index in [1.807, 2.05) is 0 Å². The van der Waals surface area contributed by atoms with Gasteiger partial charge in [0.25, 0.3) is 0 Å². The standard InChI is InChI=1S/C12H20O2/c1-5-6-12(3,4)9-7-10(13)8(2)11(9)14/h9,14H,5-7H2,1-4H3. The Morgan fingerprint density at radius 3 is 2.43 bits per heavy atom. The van der Waals surface area contributed by atoms with E-state index in [4.69, 9.17) is 0 Å². The first-order valence-electron chi connectivity index (χ1n) is 5.33. The molecule has 0 bridgehead atoms.